The lowest BCUT2D eigenvalue weighted by Gasteiger charge is -2.27. The second-order valence-electron chi connectivity index (χ2n) is 6.29. The highest BCUT2D eigenvalue weighted by atomic mass is 32.1. The Morgan fingerprint density at radius 3 is 3.00 bits per heavy atom. The SMILES string of the molecule is COc1cccc([C@H]2NC(=O)c3c(sc4c3CC[NH+](C)C4)N2)c1O. The summed E-state index contributed by atoms with van der Waals surface area (Å²) in [5.74, 6) is 0.366. The largest absolute Gasteiger partial charge is 0.504 e. The molecule has 126 valence electrons. The minimum Gasteiger partial charge on any atom is -0.504 e. The van der Waals surface area contributed by atoms with E-state index < -0.39 is 6.17 Å². The second-order valence-corrected chi connectivity index (χ2v) is 7.40. The third-order valence-electron chi connectivity index (χ3n) is 4.69. The molecule has 1 aromatic heterocycles. The standard InChI is InChI=1S/C17H19N3O3S/c1-20-7-6-9-12(8-20)24-17-13(9)16(22)18-15(19-17)10-4-3-5-11(23-2)14(10)21/h3-5,15,19,21H,6-8H2,1-2H3,(H,18,22)/p+1/t15-/m0/s1. The molecule has 3 heterocycles. The summed E-state index contributed by atoms with van der Waals surface area (Å²) in [5.41, 5.74) is 2.56. The van der Waals surface area contributed by atoms with Crippen LogP contribution in [0.15, 0.2) is 18.2 Å². The van der Waals surface area contributed by atoms with Gasteiger partial charge >= 0.3 is 0 Å². The molecule has 2 aliphatic rings. The molecule has 0 radical (unpaired) electrons. The van der Waals surface area contributed by atoms with Crippen molar-refractivity contribution in [2.45, 2.75) is 19.1 Å². The Morgan fingerprint density at radius 2 is 2.21 bits per heavy atom. The van der Waals surface area contributed by atoms with Gasteiger partial charge in [-0.05, 0) is 11.6 Å². The quantitative estimate of drug-likeness (QED) is 0.651. The van der Waals surface area contributed by atoms with Crippen molar-refractivity contribution in [3.8, 4) is 11.5 Å². The maximum Gasteiger partial charge on any atom is 0.256 e. The third-order valence-corrected chi connectivity index (χ3v) is 5.86. The lowest BCUT2D eigenvalue weighted by Crippen LogP contribution is -3.08. The molecule has 1 aromatic carbocycles. The molecular formula is C17H20N3O3S+. The fourth-order valence-electron chi connectivity index (χ4n) is 3.43. The summed E-state index contributed by atoms with van der Waals surface area (Å²) < 4.78 is 5.16. The topological polar surface area (TPSA) is 75.0 Å². The van der Waals surface area contributed by atoms with Crippen molar-refractivity contribution in [2.75, 3.05) is 26.0 Å². The molecule has 0 fully saturated rings. The van der Waals surface area contributed by atoms with Crippen molar-refractivity contribution in [2.24, 2.45) is 0 Å². The molecule has 0 bridgehead atoms. The van der Waals surface area contributed by atoms with Crippen LogP contribution < -0.4 is 20.3 Å². The van der Waals surface area contributed by atoms with Crippen LogP contribution in [0.1, 0.15) is 32.5 Å². The van der Waals surface area contributed by atoms with Gasteiger partial charge in [-0.25, -0.2) is 0 Å². The molecule has 0 saturated heterocycles. The van der Waals surface area contributed by atoms with E-state index in [0.717, 1.165) is 30.1 Å². The van der Waals surface area contributed by atoms with E-state index in [9.17, 15) is 9.90 Å². The number of methoxy groups -OCH3 is 1. The molecule has 0 aliphatic carbocycles. The summed E-state index contributed by atoms with van der Waals surface area (Å²) in [6.45, 7) is 2.00. The third kappa shape index (κ3) is 2.32. The van der Waals surface area contributed by atoms with Crippen molar-refractivity contribution in [3.05, 3.63) is 39.8 Å². The van der Waals surface area contributed by atoms with Gasteiger partial charge in [0.1, 0.15) is 17.7 Å². The van der Waals surface area contributed by atoms with Gasteiger partial charge in [-0.15, -0.1) is 11.3 Å². The Morgan fingerprint density at radius 1 is 1.38 bits per heavy atom. The molecule has 1 unspecified atom stereocenters. The average Bonchev–Trinajstić information content (AvgIpc) is 2.92. The highest BCUT2D eigenvalue weighted by Gasteiger charge is 2.34. The summed E-state index contributed by atoms with van der Waals surface area (Å²) in [6, 6.07) is 5.28. The average molecular weight is 346 g/mol. The maximum atomic E-state index is 12.7. The van der Waals surface area contributed by atoms with Gasteiger partial charge in [0.2, 0.25) is 0 Å². The van der Waals surface area contributed by atoms with E-state index in [1.165, 1.54) is 22.5 Å². The number of para-hydroxylation sites is 1. The number of carbonyl (C=O) groups excluding carboxylic acids is 1. The molecule has 6 nitrogen and oxygen atoms in total. The first-order valence-corrected chi connectivity index (χ1v) is 8.79. The van der Waals surface area contributed by atoms with Crippen molar-refractivity contribution in [1.82, 2.24) is 5.32 Å². The van der Waals surface area contributed by atoms with Crippen molar-refractivity contribution in [1.29, 1.82) is 0 Å². The van der Waals surface area contributed by atoms with E-state index in [0.29, 0.717) is 11.3 Å². The van der Waals surface area contributed by atoms with Crippen molar-refractivity contribution < 1.29 is 19.5 Å². The van der Waals surface area contributed by atoms with Crippen LogP contribution in [0.2, 0.25) is 0 Å². The van der Waals surface area contributed by atoms with Crippen LogP contribution in [0.4, 0.5) is 5.00 Å². The fourth-order valence-corrected chi connectivity index (χ4v) is 4.81. The Hall–Kier alpha value is -2.25. The molecule has 1 amide bonds. The molecule has 2 aromatic rings. The lowest BCUT2D eigenvalue weighted by atomic mass is 10.0. The number of likely N-dealkylation sites (N-methyl/N-ethyl adjacent to an activating group) is 1. The van der Waals surface area contributed by atoms with Crippen molar-refractivity contribution >= 4 is 22.2 Å². The van der Waals surface area contributed by atoms with Gasteiger partial charge in [-0.3, -0.25) is 4.79 Å². The normalized spacial score (nSPS) is 22.2. The Labute approximate surface area is 144 Å². The van der Waals surface area contributed by atoms with Gasteiger partial charge < -0.3 is 25.4 Å². The molecule has 4 rings (SSSR count). The number of amides is 1. The van der Waals surface area contributed by atoms with Crippen LogP contribution in [0.25, 0.3) is 0 Å². The number of carbonyl (C=O) groups is 1. The molecule has 2 aliphatic heterocycles. The zero-order valence-corrected chi connectivity index (χ0v) is 14.4. The number of hydrogen-bond acceptors (Lipinski definition) is 5. The summed E-state index contributed by atoms with van der Waals surface area (Å²) in [7, 11) is 3.68. The smallest absolute Gasteiger partial charge is 0.256 e. The maximum absolute atomic E-state index is 12.7. The number of ether oxygens (including phenoxy) is 1. The van der Waals surface area contributed by atoms with E-state index in [1.807, 2.05) is 0 Å². The number of hydrogen-bond donors (Lipinski definition) is 4. The zero-order valence-electron chi connectivity index (χ0n) is 13.6. The van der Waals surface area contributed by atoms with Gasteiger partial charge in [0.05, 0.1) is 31.1 Å². The highest BCUT2D eigenvalue weighted by Crippen LogP contribution is 2.41. The summed E-state index contributed by atoms with van der Waals surface area (Å²) in [5, 5.41) is 17.6. The van der Waals surface area contributed by atoms with Crippen LogP contribution in [0, 0.1) is 0 Å². The Kier molecular flexibility index (Phi) is 3.62. The van der Waals surface area contributed by atoms with Crippen LogP contribution in [0.5, 0.6) is 11.5 Å². The van der Waals surface area contributed by atoms with Gasteiger partial charge in [0.15, 0.2) is 11.5 Å². The minimum absolute atomic E-state index is 0.0479. The summed E-state index contributed by atoms with van der Waals surface area (Å²) in [6.07, 6.45) is 0.460. The number of phenolic OH excluding ortho intramolecular Hbond substituents is 1. The number of quaternary nitrogens is 1. The van der Waals surface area contributed by atoms with E-state index in [-0.39, 0.29) is 11.7 Å². The van der Waals surface area contributed by atoms with Gasteiger partial charge in [0, 0.05) is 12.0 Å². The molecule has 7 heteroatoms. The molecule has 0 spiro atoms. The van der Waals surface area contributed by atoms with Gasteiger partial charge in [0.25, 0.3) is 5.91 Å². The minimum atomic E-state index is -0.467. The first kappa shape index (κ1) is 15.3. The highest BCUT2D eigenvalue weighted by molar-refractivity contribution is 7.16. The number of nitrogens with one attached hydrogen (secondary N) is 3. The number of fused-ring (bicyclic) bond motifs is 3. The zero-order chi connectivity index (χ0) is 16.8. The Bertz CT molecular complexity index is 818. The second kappa shape index (κ2) is 5.68. The number of thiophene rings is 1. The number of rotatable bonds is 2. The van der Waals surface area contributed by atoms with Crippen LogP contribution in [-0.2, 0) is 13.0 Å². The monoisotopic (exact) mass is 346 g/mol. The summed E-state index contributed by atoms with van der Waals surface area (Å²) >= 11 is 1.65. The van der Waals surface area contributed by atoms with E-state index in [2.05, 4.69) is 17.7 Å². The van der Waals surface area contributed by atoms with E-state index in [1.54, 1.807) is 29.5 Å². The lowest BCUT2D eigenvalue weighted by molar-refractivity contribution is -0.895. The van der Waals surface area contributed by atoms with E-state index >= 15 is 0 Å². The predicted molar refractivity (Wildman–Crippen MR) is 92.0 cm³/mol. The van der Waals surface area contributed by atoms with E-state index in [4.69, 9.17) is 4.74 Å². The molecule has 2 atom stereocenters. The van der Waals surface area contributed by atoms with Crippen LogP contribution in [-0.4, -0.2) is 31.7 Å². The van der Waals surface area contributed by atoms with Crippen LogP contribution >= 0.6 is 11.3 Å². The van der Waals surface area contributed by atoms with Crippen molar-refractivity contribution in [3.63, 3.8) is 0 Å². The molecule has 24 heavy (non-hydrogen) atoms. The number of benzene rings is 1. The molecule has 4 N–H and O–H groups in total. The van der Waals surface area contributed by atoms with Gasteiger partial charge in [-0.2, -0.15) is 0 Å². The predicted octanol–water partition coefficient (Wildman–Crippen LogP) is 0.887. The first-order chi connectivity index (χ1) is 11.6. The Balaban J connectivity index is 1.71. The van der Waals surface area contributed by atoms with Gasteiger partial charge in [-0.1, -0.05) is 12.1 Å². The van der Waals surface area contributed by atoms with Crippen LogP contribution in [0.3, 0.4) is 0 Å². The fraction of sp³-hybridized carbons (Fsp3) is 0.353. The molecular weight excluding hydrogens is 326 g/mol. The number of phenols is 1. The molecule has 0 saturated carbocycles. The summed E-state index contributed by atoms with van der Waals surface area (Å²) in [4.78, 5) is 15.4. The first-order valence-electron chi connectivity index (χ1n) is 7.97. The number of anilines is 1. The number of aromatic hydroxyl groups is 1.